The minimum atomic E-state index is 0.137. The van der Waals surface area contributed by atoms with Crippen LogP contribution in [0, 0.1) is 0 Å². The van der Waals surface area contributed by atoms with Crippen LogP contribution in [-0.4, -0.2) is 13.2 Å². The Labute approximate surface area is 118 Å². The zero-order valence-electron chi connectivity index (χ0n) is 11.3. The summed E-state index contributed by atoms with van der Waals surface area (Å²) in [6.07, 6.45) is 0.832. The Morgan fingerprint density at radius 3 is 2.68 bits per heavy atom. The molecule has 0 aliphatic heterocycles. The molecule has 0 fully saturated rings. The number of ether oxygens (including phenoxy) is 2. The van der Waals surface area contributed by atoms with Crippen molar-refractivity contribution in [2.45, 2.75) is 26.0 Å². The van der Waals surface area contributed by atoms with Gasteiger partial charge in [-0.2, -0.15) is 11.3 Å². The van der Waals surface area contributed by atoms with E-state index in [1.165, 1.54) is 5.56 Å². The van der Waals surface area contributed by atoms with E-state index in [9.17, 15) is 0 Å². The van der Waals surface area contributed by atoms with Gasteiger partial charge in [0.2, 0.25) is 0 Å². The summed E-state index contributed by atoms with van der Waals surface area (Å²) in [6.45, 7) is 2.55. The Bertz CT molecular complexity index is 509. The SMILES string of the molecule is COc1ccc(CC(C)N)cc1OCc1ccsc1. The lowest BCUT2D eigenvalue weighted by molar-refractivity contribution is 0.284. The normalized spacial score (nSPS) is 12.2. The van der Waals surface area contributed by atoms with Crippen LogP contribution in [0.3, 0.4) is 0 Å². The number of rotatable bonds is 6. The minimum Gasteiger partial charge on any atom is -0.493 e. The molecule has 1 aromatic heterocycles. The average Bonchev–Trinajstić information content (AvgIpc) is 2.89. The van der Waals surface area contributed by atoms with Crippen LogP contribution in [0.5, 0.6) is 11.5 Å². The maximum absolute atomic E-state index is 5.84. The topological polar surface area (TPSA) is 44.5 Å². The molecule has 102 valence electrons. The predicted molar refractivity (Wildman–Crippen MR) is 79.0 cm³/mol. The summed E-state index contributed by atoms with van der Waals surface area (Å²) in [6, 6.07) is 8.16. The fourth-order valence-electron chi connectivity index (χ4n) is 1.87. The molecule has 1 aromatic carbocycles. The Hall–Kier alpha value is -1.52. The van der Waals surface area contributed by atoms with Crippen molar-refractivity contribution in [2.75, 3.05) is 7.11 Å². The molecule has 2 rings (SSSR count). The molecule has 0 aliphatic carbocycles. The summed E-state index contributed by atoms with van der Waals surface area (Å²) >= 11 is 1.67. The molecule has 0 saturated carbocycles. The Balaban J connectivity index is 2.11. The van der Waals surface area contributed by atoms with E-state index < -0.39 is 0 Å². The summed E-state index contributed by atoms with van der Waals surface area (Å²) in [5.41, 5.74) is 8.16. The van der Waals surface area contributed by atoms with Crippen LogP contribution in [-0.2, 0) is 13.0 Å². The second-order valence-corrected chi connectivity index (χ2v) is 5.37. The maximum atomic E-state index is 5.84. The van der Waals surface area contributed by atoms with Gasteiger partial charge < -0.3 is 15.2 Å². The first-order valence-corrected chi connectivity index (χ1v) is 7.19. The fourth-order valence-corrected chi connectivity index (χ4v) is 2.52. The molecule has 0 bridgehead atoms. The average molecular weight is 277 g/mol. The number of thiophene rings is 1. The number of benzene rings is 1. The molecule has 0 amide bonds. The van der Waals surface area contributed by atoms with E-state index in [2.05, 4.69) is 11.4 Å². The van der Waals surface area contributed by atoms with Crippen molar-refractivity contribution in [3.63, 3.8) is 0 Å². The largest absolute Gasteiger partial charge is 0.493 e. The summed E-state index contributed by atoms with van der Waals surface area (Å²) in [4.78, 5) is 0. The lowest BCUT2D eigenvalue weighted by atomic mass is 10.1. The maximum Gasteiger partial charge on any atom is 0.161 e. The van der Waals surface area contributed by atoms with Crippen LogP contribution in [0.25, 0.3) is 0 Å². The molecule has 0 radical (unpaired) electrons. The lowest BCUT2D eigenvalue weighted by Gasteiger charge is -2.13. The first kappa shape index (κ1) is 13.9. The third-order valence-corrected chi connectivity index (χ3v) is 3.49. The van der Waals surface area contributed by atoms with Crippen molar-refractivity contribution in [1.29, 1.82) is 0 Å². The highest BCUT2D eigenvalue weighted by Gasteiger charge is 2.07. The van der Waals surface area contributed by atoms with Crippen molar-refractivity contribution in [2.24, 2.45) is 5.73 Å². The molecule has 2 aromatic rings. The molecule has 0 aliphatic rings. The quantitative estimate of drug-likeness (QED) is 0.881. The molecular formula is C15H19NO2S. The van der Waals surface area contributed by atoms with Crippen molar-refractivity contribution >= 4 is 11.3 Å². The molecule has 19 heavy (non-hydrogen) atoms. The van der Waals surface area contributed by atoms with Gasteiger partial charge >= 0.3 is 0 Å². The monoisotopic (exact) mass is 277 g/mol. The second-order valence-electron chi connectivity index (χ2n) is 4.59. The van der Waals surface area contributed by atoms with E-state index in [4.69, 9.17) is 15.2 Å². The molecule has 1 unspecified atom stereocenters. The highest BCUT2D eigenvalue weighted by molar-refractivity contribution is 7.07. The van der Waals surface area contributed by atoms with E-state index in [0.717, 1.165) is 23.5 Å². The van der Waals surface area contributed by atoms with Crippen LogP contribution in [0.15, 0.2) is 35.0 Å². The smallest absolute Gasteiger partial charge is 0.161 e. The van der Waals surface area contributed by atoms with Gasteiger partial charge in [0.05, 0.1) is 7.11 Å². The Morgan fingerprint density at radius 1 is 1.21 bits per heavy atom. The van der Waals surface area contributed by atoms with E-state index in [1.54, 1.807) is 18.4 Å². The van der Waals surface area contributed by atoms with Crippen LogP contribution < -0.4 is 15.2 Å². The predicted octanol–water partition coefficient (Wildman–Crippen LogP) is 3.23. The highest BCUT2D eigenvalue weighted by atomic mass is 32.1. The second kappa shape index (κ2) is 6.59. The van der Waals surface area contributed by atoms with Gasteiger partial charge in [0.25, 0.3) is 0 Å². The molecule has 0 saturated heterocycles. The first-order chi connectivity index (χ1) is 9.19. The van der Waals surface area contributed by atoms with E-state index >= 15 is 0 Å². The Kier molecular flexibility index (Phi) is 4.82. The summed E-state index contributed by atoms with van der Waals surface area (Å²) in [7, 11) is 1.65. The minimum absolute atomic E-state index is 0.137. The van der Waals surface area contributed by atoms with Crippen molar-refractivity contribution in [1.82, 2.24) is 0 Å². The van der Waals surface area contributed by atoms with Gasteiger partial charge in [-0.1, -0.05) is 6.07 Å². The number of hydrogen-bond donors (Lipinski definition) is 1. The fraction of sp³-hybridized carbons (Fsp3) is 0.333. The standard InChI is InChI=1S/C15H19NO2S/c1-11(16)7-12-3-4-14(17-2)15(8-12)18-9-13-5-6-19-10-13/h3-6,8,10-11H,7,9,16H2,1-2H3. The van der Waals surface area contributed by atoms with Gasteiger partial charge in [-0.25, -0.2) is 0 Å². The summed E-state index contributed by atoms with van der Waals surface area (Å²) in [5, 5.41) is 4.13. The molecule has 4 heteroatoms. The van der Waals surface area contributed by atoms with Gasteiger partial charge in [-0.05, 0) is 53.4 Å². The molecule has 2 N–H and O–H groups in total. The van der Waals surface area contributed by atoms with Gasteiger partial charge in [0, 0.05) is 6.04 Å². The molecular weight excluding hydrogens is 258 g/mol. The number of methoxy groups -OCH3 is 1. The van der Waals surface area contributed by atoms with Gasteiger partial charge in [-0.15, -0.1) is 0 Å². The lowest BCUT2D eigenvalue weighted by Crippen LogP contribution is -2.17. The molecule has 1 heterocycles. The van der Waals surface area contributed by atoms with Crippen LogP contribution in [0.2, 0.25) is 0 Å². The van der Waals surface area contributed by atoms with Gasteiger partial charge in [0.15, 0.2) is 11.5 Å². The number of nitrogens with two attached hydrogens (primary N) is 1. The van der Waals surface area contributed by atoms with Crippen molar-refractivity contribution in [3.05, 3.63) is 46.2 Å². The summed E-state index contributed by atoms with van der Waals surface area (Å²) in [5.74, 6) is 1.52. The summed E-state index contributed by atoms with van der Waals surface area (Å²) < 4.78 is 11.2. The van der Waals surface area contributed by atoms with Crippen LogP contribution in [0.4, 0.5) is 0 Å². The molecule has 1 atom stereocenters. The first-order valence-electron chi connectivity index (χ1n) is 6.25. The van der Waals surface area contributed by atoms with E-state index in [1.807, 2.05) is 30.5 Å². The van der Waals surface area contributed by atoms with Crippen LogP contribution in [0.1, 0.15) is 18.1 Å². The van der Waals surface area contributed by atoms with Crippen molar-refractivity contribution < 1.29 is 9.47 Å². The third kappa shape index (κ3) is 3.98. The zero-order chi connectivity index (χ0) is 13.7. The number of hydrogen-bond acceptors (Lipinski definition) is 4. The Morgan fingerprint density at radius 2 is 2.05 bits per heavy atom. The zero-order valence-corrected chi connectivity index (χ0v) is 12.1. The van der Waals surface area contributed by atoms with Gasteiger partial charge in [0.1, 0.15) is 6.61 Å². The van der Waals surface area contributed by atoms with Crippen LogP contribution >= 0.6 is 11.3 Å². The van der Waals surface area contributed by atoms with Crippen molar-refractivity contribution in [3.8, 4) is 11.5 Å². The third-order valence-electron chi connectivity index (χ3n) is 2.76. The van der Waals surface area contributed by atoms with Gasteiger partial charge in [-0.3, -0.25) is 0 Å². The molecule has 3 nitrogen and oxygen atoms in total. The highest BCUT2D eigenvalue weighted by Crippen LogP contribution is 2.29. The van der Waals surface area contributed by atoms with E-state index in [-0.39, 0.29) is 6.04 Å². The van der Waals surface area contributed by atoms with E-state index in [0.29, 0.717) is 6.61 Å². The molecule has 0 spiro atoms.